The molecule has 100 valence electrons. The van der Waals surface area contributed by atoms with Crippen LogP contribution in [0.15, 0.2) is 42.5 Å². The van der Waals surface area contributed by atoms with Crippen molar-refractivity contribution in [3.63, 3.8) is 0 Å². The lowest BCUT2D eigenvalue weighted by molar-refractivity contribution is 0.825. The van der Waals surface area contributed by atoms with Crippen LogP contribution in [-0.4, -0.2) is 6.54 Å². The molecule has 0 saturated carbocycles. The minimum Gasteiger partial charge on any atom is -0.399 e. The molecule has 0 aliphatic rings. The highest BCUT2D eigenvalue weighted by molar-refractivity contribution is 14.1. The molecular weight excluding hydrogens is 347 g/mol. The van der Waals surface area contributed by atoms with E-state index < -0.39 is 0 Å². The van der Waals surface area contributed by atoms with Crippen LogP contribution in [0.4, 0.5) is 11.4 Å². The second kappa shape index (κ2) is 6.28. The highest BCUT2D eigenvalue weighted by atomic mass is 127. The third kappa shape index (κ3) is 3.41. The zero-order valence-electron chi connectivity index (χ0n) is 11.4. The maximum Gasteiger partial charge on any atom is 0.0506 e. The molecule has 2 rings (SSSR count). The number of hydrogen-bond acceptors (Lipinski definition) is 2. The van der Waals surface area contributed by atoms with Crippen LogP contribution < -0.4 is 10.6 Å². The van der Waals surface area contributed by atoms with Gasteiger partial charge in [-0.25, -0.2) is 0 Å². The Labute approximate surface area is 128 Å². The molecule has 2 N–H and O–H groups in total. The van der Waals surface area contributed by atoms with Crippen LogP contribution in [0.1, 0.15) is 18.1 Å². The van der Waals surface area contributed by atoms with Gasteiger partial charge in [0.05, 0.1) is 5.69 Å². The average Bonchev–Trinajstić information content (AvgIpc) is 2.39. The van der Waals surface area contributed by atoms with Crippen molar-refractivity contribution in [1.29, 1.82) is 0 Å². The Morgan fingerprint density at radius 1 is 1.16 bits per heavy atom. The molecular formula is C16H19IN2. The highest BCUT2D eigenvalue weighted by Crippen LogP contribution is 2.26. The van der Waals surface area contributed by atoms with E-state index in [0.29, 0.717) is 0 Å². The molecule has 2 aromatic rings. The molecule has 2 nitrogen and oxygen atoms in total. The summed E-state index contributed by atoms with van der Waals surface area (Å²) in [6, 6.07) is 14.7. The van der Waals surface area contributed by atoms with Crippen molar-refractivity contribution in [2.75, 3.05) is 17.2 Å². The summed E-state index contributed by atoms with van der Waals surface area (Å²) in [5.41, 5.74) is 10.6. The maximum atomic E-state index is 5.82. The van der Waals surface area contributed by atoms with Crippen molar-refractivity contribution in [2.45, 2.75) is 20.4 Å². The van der Waals surface area contributed by atoms with Crippen molar-refractivity contribution in [3.8, 4) is 0 Å². The zero-order chi connectivity index (χ0) is 13.8. The number of nitrogen functional groups attached to an aromatic ring is 1. The Balaban J connectivity index is 2.28. The minimum absolute atomic E-state index is 0.820. The second-order valence-electron chi connectivity index (χ2n) is 4.65. The van der Waals surface area contributed by atoms with Crippen molar-refractivity contribution >= 4 is 34.0 Å². The monoisotopic (exact) mass is 366 g/mol. The zero-order valence-corrected chi connectivity index (χ0v) is 13.5. The Bertz CT molecular complexity index is 566. The summed E-state index contributed by atoms with van der Waals surface area (Å²) in [5.74, 6) is 0. The quantitative estimate of drug-likeness (QED) is 0.649. The molecule has 0 spiro atoms. The third-order valence-electron chi connectivity index (χ3n) is 3.32. The van der Waals surface area contributed by atoms with Gasteiger partial charge in [0.25, 0.3) is 0 Å². The van der Waals surface area contributed by atoms with Gasteiger partial charge in [0.15, 0.2) is 0 Å². The van der Waals surface area contributed by atoms with Gasteiger partial charge in [0.1, 0.15) is 0 Å². The Morgan fingerprint density at radius 2 is 1.89 bits per heavy atom. The van der Waals surface area contributed by atoms with Gasteiger partial charge in [-0.1, -0.05) is 24.3 Å². The number of aryl methyl sites for hydroxylation is 1. The standard InChI is InChI=1S/C16H19IN2/c1-3-19(11-13-7-5-4-6-12(13)2)16-9-8-14(18)10-15(16)17/h4-10H,3,11,18H2,1-2H3. The van der Waals surface area contributed by atoms with Crippen LogP contribution in [0.5, 0.6) is 0 Å². The normalized spacial score (nSPS) is 10.5. The number of hydrogen-bond donors (Lipinski definition) is 1. The molecule has 0 heterocycles. The molecule has 0 aliphatic heterocycles. The number of nitrogens with zero attached hydrogens (tertiary/aromatic N) is 1. The van der Waals surface area contributed by atoms with E-state index in [1.165, 1.54) is 20.4 Å². The third-order valence-corrected chi connectivity index (χ3v) is 4.18. The van der Waals surface area contributed by atoms with Crippen molar-refractivity contribution in [2.24, 2.45) is 0 Å². The predicted octanol–water partition coefficient (Wildman–Crippen LogP) is 4.21. The van der Waals surface area contributed by atoms with Crippen LogP contribution >= 0.6 is 22.6 Å². The van der Waals surface area contributed by atoms with E-state index in [-0.39, 0.29) is 0 Å². The van der Waals surface area contributed by atoms with Crippen LogP contribution in [-0.2, 0) is 6.54 Å². The van der Waals surface area contributed by atoms with E-state index in [9.17, 15) is 0 Å². The molecule has 0 aliphatic carbocycles. The van der Waals surface area contributed by atoms with E-state index in [2.05, 4.69) is 71.7 Å². The fourth-order valence-electron chi connectivity index (χ4n) is 2.14. The van der Waals surface area contributed by atoms with Gasteiger partial charge in [-0.05, 0) is 65.8 Å². The average molecular weight is 366 g/mol. The van der Waals surface area contributed by atoms with Crippen LogP contribution in [0.3, 0.4) is 0 Å². The summed E-state index contributed by atoms with van der Waals surface area (Å²) in [4.78, 5) is 2.38. The second-order valence-corrected chi connectivity index (χ2v) is 5.81. The van der Waals surface area contributed by atoms with E-state index in [1.54, 1.807) is 0 Å². The SMILES string of the molecule is CCN(Cc1ccccc1C)c1ccc(N)cc1I. The van der Waals surface area contributed by atoms with Gasteiger partial charge in [-0.3, -0.25) is 0 Å². The Kier molecular flexibility index (Phi) is 4.69. The molecule has 0 fully saturated rings. The molecule has 0 bridgehead atoms. The Hall–Kier alpha value is -1.23. The lowest BCUT2D eigenvalue weighted by Gasteiger charge is -2.25. The predicted molar refractivity (Wildman–Crippen MR) is 91.5 cm³/mol. The van der Waals surface area contributed by atoms with Gasteiger partial charge >= 0.3 is 0 Å². The lowest BCUT2D eigenvalue weighted by Crippen LogP contribution is -2.23. The molecule has 2 aromatic carbocycles. The molecule has 0 radical (unpaired) electrons. The van der Waals surface area contributed by atoms with Gasteiger partial charge in [-0.2, -0.15) is 0 Å². The summed E-state index contributed by atoms with van der Waals surface area (Å²) in [6.45, 7) is 6.26. The minimum atomic E-state index is 0.820. The van der Waals surface area contributed by atoms with Gasteiger partial charge in [-0.15, -0.1) is 0 Å². The first-order chi connectivity index (χ1) is 9.11. The first kappa shape index (κ1) is 14.2. The van der Waals surface area contributed by atoms with Crippen molar-refractivity contribution < 1.29 is 0 Å². The smallest absolute Gasteiger partial charge is 0.0506 e. The molecule has 0 aromatic heterocycles. The molecule has 0 atom stereocenters. The van der Waals surface area contributed by atoms with E-state index >= 15 is 0 Å². The van der Waals surface area contributed by atoms with Crippen molar-refractivity contribution in [3.05, 3.63) is 57.2 Å². The summed E-state index contributed by atoms with van der Waals surface area (Å²) in [7, 11) is 0. The number of rotatable bonds is 4. The summed E-state index contributed by atoms with van der Waals surface area (Å²) >= 11 is 2.35. The largest absolute Gasteiger partial charge is 0.399 e. The number of benzene rings is 2. The van der Waals surface area contributed by atoms with Crippen molar-refractivity contribution in [1.82, 2.24) is 0 Å². The molecule has 0 saturated heterocycles. The number of anilines is 2. The fraction of sp³-hybridized carbons (Fsp3) is 0.250. The highest BCUT2D eigenvalue weighted by Gasteiger charge is 2.10. The molecule has 0 amide bonds. The molecule has 0 unspecified atom stereocenters. The summed E-state index contributed by atoms with van der Waals surface area (Å²) < 4.78 is 1.20. The van der Waals surface area contributed by atoms with Crippen LogP contribution in [0.2, 0.25) is 0 Å². The van der Waals surface area contributed by atoms with Gasteiger partial charge in [0.2, 0.25) is 0 Å². The van der Waals surface area contributed by atoms with Gasteiger partial charge in [0, 0.05) is 22.3 Å². The summed E-state index contributed by atoms with van der Waals surface area (Å²) in [5, 5.41) is 0. The van der Waals surface area contributed by atoms with E-state index in [0.717, 1.165) is 18.8 Å². The van der Waals surface area contributed by atoms with Gasteiger partial charge < -0.3 is 10.6 Å². The van der Waals surface area contributed by atoms with Crippen LogP contribution in [0.25, 0.3) is 0 Å². The van der Waals surface area contributed by atoms with E-state index in [1.807, 2.05) is 12.1 Å². The lowest BCUT2D eigenvalue weighted by atomic mass is 10.1. The molecule has 19 heavy (non-hydrogen) atoms. The summed E-state index contributed by atoms with van der Waals surface area (Å²) in [6.07, 6.45) is 0. The first-order valence-corrected chi connectivity index (χ1v) is 7.54. The Morgan fingerprint density at radius 3 is 2.53 bits per heavy atom. The van der Waals surface area contributed by atoms with E-state index in [4.69, 9.17) is 5.73 Å². The topological polar surface area (TPSA) is 29.3 Å². The first-order valence-electron chi connectivity index (χ1n) is 6.46. The fourth-order valence-corrected chi connectivity index (χ4v) is 3.02. The molecule has 3 heteroatoms. The maximum absolute atomic E-state index is 5.82. The van der Waals surface area contributed by atoms with Crippen LogP contribution in [0, 0.1) is 10.5 Å². The number of halogens is 1. The number of nitrogens with two attached hydrogens (primary N) is 1.